The van der Waals surface area contributed by atoms with Gasteiger partial charge in [0.1, 0.15) is 17.3 Å². The average Bonchev–Trinajstić information content (AvgIpc) is 3.28. The second-order valence-corrected chi connectivity index (χ2v) is 7.24. The van der Waals surface area contributed by atoms with Gasteiger partial charge in [-0.1, -0.05) is 24.3 Å². The number of halogens is 1. The standard InChI is InChI=1S/C22H19FN2O3/c1-24-15-4-2-13(3-5-15)8-16(26)10-18-19(12-25-22(18)27)17-9-14-6-7-28-21(14)11-20(17)23/h2-5,9,11,18-19H,6-8,10,12H2,(H,25,27)/t18-,19-/m0/s1. The van der Waals surface area contributed by atoms with Crippen LogP contribution >= 0.6 is 0 Å². The molecular weight excluding hydrogens is 359 g/mol. The van der Waals surface area contributed by atoms with E-state index in [1.165, 1.54) is 6.07 Å². The fourth-order valence-electron chi connectivity index (χ4n) is 3.97. The van der Waals surface area contributed by atoms with Crippen molar-refractivity contribution in [1.29, 1.82) is 0 Å². The van der Waals surface area contributed by atoms with E-state index in [0.717, 1.165) is 17.5 Å². The Morgan fingerprint density at radius 3 is 2.82 bits per heavy atom. The van der Waals surface area contributed by atoms with E-state index in [9.17, 15) is 14.0 Å². The highest BCUT2D eigenvalue weighted by molar-refractivity contribution is 5.90. The summed E-state index contributed by atoms with van der Waals surface area (Å²) in [5.74, 6) is -1.06. The molecule has 1 saturated heterocycles. The van der Waals surface area contributed by atoms with Gasteiger partial charge in [-0.05, 0) is 22.8 Å². The third-order valence-corrected chi connectivity index (χ3v) is 5.44. The van der Waals surface area contributed by atoms with Crippen molar-refractivity contribution in [3.8, 4) is 5.75 Å². The van der Waals surface area contributed by atoms with Gasteiger partial charge in [0.05, 0.1) is 19.1 Å². The zero-order valence-corrected chi connectivity index (χ0v) is 15.2. The topological polar surface area (TPSA) is 59.8 Å². The number of nitrogens with one attached hydrogen (secondary N) is 1. The van der Waals surface area contributed by atoms with Gasteiger partial charge in [0.15, 0.2) is 5.69 Å². The van der Waals surface area contributed by atoms with Gasteiger partial charge in [0.25, 0.3) is 0 Å². The lowest BCUT2D eigenvalue weighted by Crippen LogP contribution is -2.23. The minimum absolute atomic E-state index is 0.0636. The van der Waals surface area contributed by atoms with Crippen LogP contribution in [-0.4, -0.2) is 24.8 Å². The molecule has 0 spiro atoms. The summed E-state index contributed by atoms with van der Waals surface area (Å²) in [4.78, 5) is 28.2. The normalized spacial score (nSPS) is 20.2. The van der Waals surface area contributed by atoms with E-state index in [0.29, 0.717) is 30.2 Å². The van der Waals surface area contributed by atoms with E-state index in [2.05, 4.69) is 10.2 Å². The minimum Gasteiger partial charge on any atom is -0.493 e. The van der Waals surface area contributed by atoms with Crippen molar-refractivity contribution >= 4 is 17.4 Å². The van der Waals surface area contributed by atoms with Crippen molar-refractivity contribution in [3.05, 3.63) is 70.3 Å². The van der Waals surface area contributed by atoms with Crippen LogP contribution in [0.3, 0.4) is 0 Å². The number of hydrogen-bond acceptors (Lipinski definition) is 3. The van der Waals surface area contributed by atoms with Crippen LogP contribution in [0, 0.1) is 18.3 Å². The third-order valence-electron chi connectivity index (χ3n) is 5.44. The van der Waals surface area contributed by atoms with Crippen LogP contribution in [0.4, 0.5) is 10.1 Å². The largest absolute Gasteiger partial charge is 0.493 e. The number of rotatable bonds is 5. The highest BCUT2D eigenvalue weighted by atomic mass is 19.1. The highest BCUT2D eigenvalue weighted by Gasteiger charge is 2.38. The molecule has 0 unspecified atom stereocenters. The summed E-state index contributed by atoms with van der Waals surface area (Å²) in [5, 5.41) is 2.78. The van der Waals surface area contributed by atoms with Crippen molar-refractivity contribution in [2.24, 2.45) is 5.92 Å². The van der Waals surface area contributed by atoms with Gasteiger partial charge in [-0.25, -0.2) is 9.24 Å². The molecule has 5 nitrogen and oxygen atoms in total. The number of nitrogens with zero attached hydrogens (tertiary/aromatic N) is 1. The van der Waals surface area contributed by atoms with E-state index in [1.54, 1.807) is 30.3 Å². The first-order chi connectivity index (χ1) is 13.5. The van der Waals surface area contributed by atoms with Gasteiger partial charge in [-0.2, -0.15) is 0 Å². The predicted molar refractivity (Wildman–Crippen MR) is 101 cm³/mol. The SMILES string of the molecule is [C-]#[N+]c1ccc(CC(=O)C[C@@H]2C(=O)NC[C@H]2c2cc3c(cc2F)OCC3)cc1. The molecule has 0 aliphatic carbocycles. The van der Waals surface area contributed by atoms with E-state index < -0.39 is 11.7 Å². The van der Waals surface area contributed by atoms with E-state index >= 15 is 0 Å². The van der Waals surface area contributed by atoms with Gasteiger partial charge in [-0.15, -0.1) is 0 Å². The molecule has 2 aromatic carbocycles. The Balaban J connectivity index is 1.50. The molecule has 2 heterocycles. The maximum absolute atomic E-state index is 14.6. The molecular formula is C22H19FN2O3. The molecule has 0 bridgehead atoms. The molecule has 1 N–H and O–H groups in total. The number of amides is 1. The lowest BCUT2D eigenvalue weighted by Gasteiger charge is -2.18. The molecule has 6 heteroatoms. The van der Waals surface area contributed by atoms with E-state index in [1.807, 2.05) is 0 Å². The van der Waals surface area contributed by atoms with Gasteiger partial charge in [-0.3, -0.25) is 9.59 Å². The quantitative estimate of drug-likeness (QED) is 0.812. The molecule has 1 fully saturated rings. The second kappa shape index (κ2) is 7.43. The molecule has 0 saturated carbocycles. The van der Waals surface area contributed by atoms with Crippen molar-refractivity contribution in [2.75, 3.05) is 13.2 Å². The van der Waals surface area contributed by atoms with Crippen molar-refractivity contribution in [1.82, 2.24) is 5.32 Å². The average molecular weight is 378 g/mol. The minimum atomic E-state index is -0.579. The summed E-state index contributed by atoms with van der Waals surface area (Å²) in [7, 11) is 0. The molecule has 1 amide bonds. The monoisotopic (exact) mass is 378 g/mol. The summed E-state index contributed by atoms with van der Waals surface area (Å²) in [6.07, 6.45) is 0.976. The number of Topliss-reactive ketones (excluding diaryl/α,β-unsaturated/α-hetero) is 1. The first kappa shape index (κ1) is 18.2. The van der Waals surface area contributed by atoms with Crippen molar-refractivity contribution in [3.63, 3.8) is 0 Å². The lowest BCUT2D eigenvalue weighted by molar-refractivity contribution is -0.127. The Kier molecular flexibility index (Phi) is 4.82. The lowest BCUT2D eigenvalue weighted by atomic mass is 9.83. The van der Waals surface area contributed by atoms with Crippen LogP contribution in [-0.2, 0) is 22.4 Å². The number of fused-ring (bicyclic) bond motifs is 1. The Bertz CT molecular complexity index is 979. The van der Waals surface area contributed by atoms with Crippen LogP contribution in [0.1, 0.15) is 29.0 Å². The Hall–Kier alpha value is -3.20. The second-order valence-electron chi connectivity index (χ2n) is 7.24. The van der Waals surface area contributed by atoms with Gasteiger partial charge < -0.3 is 10.1 Å². The molecule has 2 aliphatic heterocycles. The van der Waals surface area contributed by atoms with Crippen LogP contribution < -0.4 is 10.1 Å². The maximum Gasteiger partial charge on any atom is 0.224 e. The highest BCUT2D eigenvalue weighted by Crippen LogP contribution is 2.37. The predicted octanol–water partition coefficient (Wildman–Crippen LogP) is 3.34. The van der Waals surface area contributed by atoms with Crippen LogP contribution in [0.15, 0.2) is 36.4 Å². The number of ether oxygens (including phenoxy) is 1. The summed E-state index contributed by atoms with van der Waals surface area (Å²) in [5.41, 5.74) is 2.73. The van der Waals surface area contributed by atoms with Crippen LogP contribution in [0.2, 0.25) is 0 Å². The summed E-state index contributed by atoms with van der Waals surface area (Å²) in [6, 6.07) is 10.0. The van der Waals surface area contributed by atoms with Crippen molar-refractivity contribution in [2.45, 2.75) is 25.2 Å². The van der Waals surface area contributed by atoms with Crippen molar-refractivity contribution < 1.29 is 18.7 Å². The number of benzene rings is 2. The maximum atomic E-state index is 14.6. The summed E-state index contributed by atoms with van der Waals surface area (Å²) < 4.78 is 20.0. The number of hydrogen-bond donors (Lipinski definition) is 1. The van der Waals surface area contributed by atoms with Gasteiger partial charge in [0, 0.05) is 37.8 Å². The number of carbonyl (C=O) groups is 2. The molecule has 28 heavy (non-hydrogen) atoms. The summed E-state index contributed by atoms with van der Waals surface area (Å²) in [6.45, 7) is 7.83. The molecule has 4 rings (SSSR count). The fourth-order valence-corrected chi connectivity index (χ4v) is 3.97. The zero-order chi connectivity index (χ0) is 19.7. The Labute approximate surface area is 162 Å². The third kappa shape index (κ3) is 3.48. The number of carbonyl (C=O) groups excluding carboxylic acids is 2. The molecule has 2 aliphatic rings. The fraction of sp³-hybridized carbons (Fsp3) is 0.318. The molecule has 2 aromatic rings. The smallest absolute Gasteiger partial charge is 0.224 e. The summed E-state index contributed by atoms with van der Waals surface area (Å²) >= 11 is 0. The van der Waals surface area contributed by atoms with E-state index in [4.69, 9.17) is 11.3 Å². The van der Waals surface area contributed by atoms with Gasteiger partial charge >= 0.3 is 0 Å². The Morgan fingerprint density at radius 1 is 1.29 bits per heavy atom. The molecule has 0 aromatic heterocycles. The molecule has 0 radical (unpaired) electrons. The van der Waals surface area contributed by atoms with Gasteiger partial charge in [0.2, 0.25) is 5.91 Å². The Morgan fingerprint density at radius 2 is 2.07 bits per heavy atom. The molecule has 142 valence electrons. The first-order valence-electron chi connectivity index (χ1n) is 9.26. The number of ketones is 1. The molecule has 2 atom stereocenters. The first-order valence-corrected chi connectivity index (χ1v) is 9.26. The van der Waals surface area contributed by atoms with E-state index in [-0.39, 0.29) is 30.4 Å². The zero-order valence-electron chi connectivity index (χ0n) is 15.2. The van der Waals surface area contributed by atoms with Crippen LogP contribution in [0.5, 0.6) is 5.75 Å². The van der Waals surface area contributed by atoms with Crippen LogP contribution in [0.25, 0.3) is 4.85 Å².